The van der Waals surface area contributed by atoms with Crippen LogP contribution >= 0.6 is 0 Å². The fraction of sp³-hybridized carbons (Fsp3) is 0.571. The van der Waals surface area contributed by atoms with Crippen molar-refractivity contribution in [2.45, 2.75) is 53.1 Å². The van der Waals surface area contributed by atoms with Gasteiger partial charge in [0.1, 0.15) is 50.0 Å². The third kappa shape index (κ3) is 20.4. The lowest BCUT2D eigenvalue weighted by Crippen LogP contribution is -3.15. The Hall–Kier alpha value is -4.26. The van der Waals surface area contributed by atoms with E-state index >= 15 is 0 Å². The summed E-state index contributed by atoms with van der Waals surface area (Å²) in [7, 11) is 4.25. The summed E-state index contributed by atoms with van der Waals surface area (Å²) in [5.41, 5.74) is 2.97. The zero-order chi connectivity index (χ0) is 43.0. The number of likely N-dealkylation sites (N-methyl/N-ethyl adjacent to an activating group) is 2. The number of nitrogens with one attached hydrogen (secondary N) is 2. The van der Waals surface area contributed by atoms with Crippen LogP contribution < -0.4 is 29.5 Å². The summed E-state index contributed by atoms with van der Waals surface area (Å²) in [6.07, 6.45) is -0.248. The summed E-state index contributed by atoms with van der Waals surface area (Å²) < 4.78 is 22.6. The molecule has 0 bridgehead atoms. The minimum absolute atomic E-state index is 0.0167. The molecule has 0 amide bonds. The highest BCUT2D eigenvalue weighted by atomic mass is 16.5. The molecule has 0 aliphatic carbocycles. The van der Waals surface area contributed by atoms with Gasteiger partial charge in [-0.3, -0.25) is 19.4 Å². The van der Waals surface area contributed by atoms with Gasteiger partial charge in [0.05, 0.1) is 51.3 Å². The minimum atomic E-state index is -1.55. The number of carboxylic acids is 2. The summed E-state index contributed by atoms with van der Waals surface area (Å²) in [5, 5.41) is 39.4. The van der Waals surface area contributed by atoms with E-state index in [1.165, 1.54) is 9.80 Å². The van der Waals surface area contributed by atoms with E-state index in [1.54, 1.807) is 38.1 Å². The zero-order valence-corrected chi connectivity index (χ0v) is 35.0. The molecule has 2 atom stereocenters. The fourth-order valence-corrected chi connectivity index (χ4v) is 6.10. The monoisotopic (exact) mass is 816 g/mol. The number of ketones is 2. The molecule has 2 aliphatic rings. The number of benzene rings is 2. The molecule has 0 aromatic heterocycles. The number of nitrogens with zero attached hydrogens (tertiary/aromatic N) is 2. The van der Waals surface area contributed by atoms with Crippen LogP contribution in [0.5, 0.6) is 11.5 Å². The average molecular weight is 817 g/mol. The van der Waals surface area contributed by atoms with Crippen molar-refractivity contribution in [1.29, 1.82) is 0 Å². The summed E-state index contributed by atoms with van der Waals surface area (Å²) in [6, 6.07) is 10.7. The molecule has 2 fully saturated rings. The van der Waals surface area contributed by atoms with Crippen LogP contribution in [-0.2, 0) is 32.3 Å². The largest absolute Gasteiger partial charge is 0.545 e. The van der Waals surface area contributed by atoms with E-state index in [4.69, 9.17) is 18.9 Å². The highest BCUT2D eigenvalue weighted by Crippen LogP contribution is 2.23. The van der Waals surface area contributed by atoms with Gasteiger partial charge in [-0.05, 0) is 90.3 Å². The van der Waals surface area contributed by atoms with Crippen LogP contribution in [0.4, 0.5) is 0 Å². The van der Waals surface area contributed by atoms with Crippen molar-refractivity contribution in [1.82, 2.24) is 9.80 Å². The number of carbonyl (C=O) groups is 4. The van der Waals surface area contributed by atoms with Crippen LogP contribution in [0.2, 0.25) is 0 Å². The maximum atomic E-state index is 11.6. The predicted molar refractivity (Wildman–Crippen MR) is 212 cm³/mol. The van der Waals surface area contributed by atoms with Gasteiger partial charge in [0.15, 0.2) is 11.6 Å². The number of ether oxygens (including phenoxy) is 4. The van der Waals surface area contributed by atoms with Gasteiger partial charge in [-0.2, -0.15) is 0 Å². The lowest BCUT2D eigenvalue weighted by Gasteiger charge is -2.30. The first kappa shape index (κ1) is 49.9. The molecule has 2 heterocycles. The van der Waals surface area contributed by atoms with Crippen LogP contribution in [0.15, 0.2) is 48.6 Å². The summed E-state index contributed by atoms with van der Waals surface area (Å²) in [4.78, 5) is 49.4. The van der Waals surface area contributed by atoms with Gasteiger partial charge in [0, 0.05) is 61.6 Å². The number of carboxylic acid groups (broad SMARTS) is 2. The van der Waals surface area contributed by atoms with Gasteiger partial charge in [-0.25, -0.2) is 0 Å². The second-order valence-corrected chi connectivity index (χ2v) is 14.4. The van der Waals surface area contributed by atoms with Gasteiger partial charge in [0.2, 0.25) is 0 Å². The van der Waals surface area contributed by atoms with Crippen LogP contribution in [-0.4, -0.2) is 162 Å². The van der Waals surface area contributed by atoms with Gasteiger partial charge >= 0.3 is 0 Å². The minimum Gasteiger partial charge on any atom is -0.545 e. The highest BCUT2D eigenvalue weighted by molar-refractivity contribution is 5.95. The maximum Gasteiger partial charge on any atom is 0.159 e. The summed E-state index contributed by atoms with van der Waals surface area (Å²) in [6.45, 7) is 19.3. The lowest BCUT2D eigenvalue weighted by atomic mass is 10.1. The number of aliphatic hydroxyl groups is 2. The van der Waals surface area contributed by atoms with Crippen LogP contribution in [0.1, 0.15) is 59.5 Å². The van der Waals surface area contributed by atoms with Gasteiger partial charge in [-0.15, -0.1) is 0 Å². The van der Waals surface area contributed by atoms with Crippen molar-refractivity contribution < 1.29 is 68.4 Å². The number of quaternary nitrogens is 2. The molecule has 4 rings (SSSR count). The molecule has 16 heteroatoms. The Morgan fingerprint density at radius 1 is 0.672 bits per heavy atom. The number of carbonyl (C=O) groups excluding carboxylic acids is 4. The van der Waals surface area contributed by atoms with Crippen molar-refractivity contribution in [3.05, 3.63) is 70.8 Å². The fourth-order valence-electron chi connectivity index (χ4n) is 6.10. The Kier molecular flexibility index (Phi) is 23.6. The number of piperazine rings is 2. The molecular weight excluding hydrogens is 752 g/mol. The topological polar surface area (TPSA) is 207 Å². The molecule has 4 N–H and O–H groups in total. The molecular formula is C42H64N4O12. The lowest BCUT2D eigenvalue weighted by molar-refractivity contribution is -0.907. The van der Waals surface area contributed by atoms with Gasteiger partial charge in [0.25, 0.3) is 0 Å². The first-order valence-electron chi connectivity index (χ1n) is 19.8. The molecule has 0 spiro atoms. The van der Waals surface area contributed by atoms with Crippen molar-refractivity contribution >= 4 is 23.5 Å². The summed E-state index contributed by atoms with van der Waals surface area (Å²) in [5.74, 6) is -1.72. The molecule has 16 nitrogen and oxygen atoms in total. The second kappa shape index (κ2) is 27.4. The number of Topliss-reactive ketones (excluding diaryl/α,β-unsaturated/α-hetero) is 2. The standard InChI is InChI=1S/2C19H30N2O4.C4H4O4/c2*1-4-24-13-17-11-16(15(2)22)5-6-19(17)25-14-18(23)12-21-9-7-20(3)8-10-21;5-3(6)1-2-4(7)8/h2*5-6,11,18,23H,4,7-10,12-14H2,1-3H3;1-2H,(H,5,6)(H,7,8)/b;;2-1+. The molecule has 0 radical (unpaired) electrons. The first-order chi connectivity index (χ1) is 27.6. The SMILES string of the molecule is CCOCc1cc(C(C)=O)ccc1OCC(O)C[NH+]1CCN(C)CC1.CCOCc1cc(C(C)=O)ccc1OCC(O)C[NH+]1CCN(C)CC1.O=C([O-])/C=C/C(=O)[O-]. The van der Waals surface area contributed by atoms with E-state index in [-0.39, 0.29) is 24.8 Å². The van der Waals surface area contributed by atoms with Crippen LogP contribution in [0.25, 0.3) is 0 Å². The third-order valence-electron chi connectivity index (χ3n) is 9.51. The quantitative estimate of drug-likeness (QED) is 0.0779. The number of aliphatic hydroxyl groups excluding tert-OH is 2. The number of hydrogen-bond acceptors (Lipinski definition) is 14. The Morgan fingerprint density at radius 2 is 1.02 bits per heavy atom. The zero-order valence-electron chi connectivity index (χ0n) is 35.0. The van der Waals surface area contributed by atoms with Crippen molar-refractivity contribution in [2.75, 3.05) is 106 Å². The highest BCUT2D eigenvalue weighted by Gasteiger charge is 2.22. The molecule has 2 unspecified atom stereocenters. The molecule has 2 aromatic carbocycles. The van der Waals surface area contributed by atoms with E-state index in [9.17, 15) is 39.6 Å². The van der Waals surface area contributed by atoms with Crippen molar-refractivity contribution in [3.8, 4) is 11.5 Å². The molecule has 2 aliphatic heterocycles. The molecule has 2 saturated heterocycles. The maximum absolute atomic E-state index is 11.6. The second-order valence-electron chi connectivity index (χ2n) is 14.4. The number of rotatable bonds is 20. The normalized spacial score (nSPS) is 16.3. The average Bonchev–Trinajstić information content (AvgIpc) is 3.19. The van der Waals surface area contributed by atoms with Crippen LogP contribution in [0, 0.1) is 0 Å². The Labute approximate surface area is 342 Å². The van der Waals surface area contributed by atoms with Crippen LogP contribution in [0.3, 0.4) is 0 Å². The Morgan fingerprint density at radius 3 is 1.31 bits per heavy atom. The molecule has 324 valence electrons. The predicted octanol–water partition coefficient (Wildman–Crippen LogP) is -2.97. The Bertz CT molecular complexity index is 1470. The third-order valence-corrected chi connectivity index (χ3v) is 9.51. The van der Waals surface area contributed by atoms with E-state index in [0.29, 0.717) is 74.3 Å². The molecule has 2 aromatic rings. The van der Waals surface area contributed by atoms with E-state index < -0.39 is 24.1 Å². The summed E-state index contributed by atoms with van der Waals surface area (Å²) >= 11 is 0. The van der Waals surface area contributed by atoms with Crippen molar-refractivity contribution in [3.63, 3.8) is 0 Å². The molecule has 58 heavy (non-hydrogen) atoms. The molecule has 0 saturated carbocycles. The van der Waals surface area contributed by atoms with E-state index in [0.717, 1.165) is 63.5 Å². The Balaban J connectivity index is 0.000000337. The van der Waals surface area contributed by atoms with E-state index in [2.05, 4.69) is 23.9 Å². The first-order valence-corrected chi connectivity index (χ1v) is 19.8. The number of aliphatic carboxylic acids is 2. The number of hydrogen-bond donors (Lipinski definition) is 4. The van der Waals surface area contributed by atoms with E-state index in [1.807, 2.05) is 26.0 Å². The smallest absolute Gasteiger partial charge is 0.159 e. The van der Waals surface area contributed by atoms with Gasteiger partial charge < -0.3 is 58.8 Å². The van der Waals surface area contributed by atoms with Gasteiger partial charge in [-0.1, -0.05) is 0 Å². The van der Waals surface area contributed by atoms with Crippen molar-refractivity contribution in [2.24, 2.45) is 0 Å².